The Bertz CT molecular complexity index is 138. The Morgan fingerprint density at radius 3 is 2.67 bits per heavy atom. The van der Waals surface area contributed by atoms with Crippen LogP contribution in [0, 0.1) is 0 Å². The molecule has 0 fully saturated rings. The molecule has 0 rings (SSSR count). The van der Waals surface area contributed by atoms with Crippen molar-refractivity contribution in [1.29, 1.82) is 0 Å². The SMILES string of the molecule is C=CN=C(N=CC)SC. The summed E-state index contributed by atoms with van der Waals surface area (Å²) in [5, 5.41) is 0.743. The number of amidine groups is 1. The Hall–Kier alpha value is -0.570. The standard InChI is InChI=1S/C6H10N2S/c1-4-7-6(9-3)8-5-2/h4-5H,1H2,2-3H3. The first-order valence-electron chi connectivity index (χ1n) is 2.56. The van der Waals surface area contributed by atoms with Gasteiger partial charge in [0.2, 0.25) is 0 Å². The van der Waals surface area contributed by atoms with Crippen LogP contribution in [0.25, 0.3) is 0 Å². The van der Waals surface area contributed by atoms with Crippen LogP contribution in [0.5, 0.6) is 0 Å². The van der Waals surface area contributed by atoms with Crippen molar-refractivity contribution in [1.82, 2.24) is 0 Å². The van der Waals surface area contributed by atoms with Gasteiger partial charge in [-0.2, -0.15) is 0 Å². The molecule has 0 saturated heterocycles. The lowest BCUT2D eigenvalue weighted by atomic mass is 10.9. The third-order valence-corrected chi connectivity index (χ3v) is 1.20. The smallest absolute Gasteiger partial charge is 0.186 e. The summed E-state index contributed by atoms with van der Waals surface area (Å²) in [6, 6.07) is 0. The van der Waals surface area contributed by atoms with E-state index in [-0.39, 0.29) is 0 Å². The van der Waals surface area contributed by atoms with Gasteiger partial charge in [0.15, 0.2) is 5.17 Å². The minimum Gasteiger partial charge on any atom is -0.236 e. The summed E-state index contributed by atoms with van der Waals surface area (Å²) in [5.74, 6) is 0. The minimum atomic E-state index is 0.743. The van der Waals surface area contributed by atoms with Gasteiger partial charge in [0.25, 0.3) is 0 Å². The molecule has 0 aliphatic heterocycles. The fraction of sp³-hybridized carbons (Fsp3) is 0.333. The van der Waals surface area contributed by atoms with Crippen molar-refractivity contribution in [3.63, 3.8) is 0 Å². The van der Waals surface area contributed by atoms with Crippen LogP contribution >= 0.6 is 11.8 Å². The molecule has 0 aliphatic rings. The van der Waals surface area contributed by atoms with Crippen LogP contribution in [0.4, 0.5) is 0 Å². The second-order valence-corrected chi connectivity index (χ2v) is 1.96. The van der Waals surface area contributed by atoms with E-state index in [2.05, 4.69) is 16.6 Å². The van der Waals surface area contributed by atoms with Gasteiger partial charge in [-0.3, -0.25) is 0 Å². The fourth-order valence-electron chi connectivity index (χ4n) is 0.327. The molecule has 0 bridgehead atoms. The number of nitrogens with zero attached hydrogens (tertiary/aromatic N) is 2. The van der Waals surface area contributed by atoms with Gasteiger partial charge >= 0.3 is 0 Å². The third-order valence-electron chi connectivity index (χ3n) is 0.624. The van der Waals surface area contributed by atoms with E-state index in [1.165, 1.54) is 18.0 Å². The first-order chi connectivity index (χ1) is 4.35. The predicted octanol–water partition coefficient (Wildman–Crippen LogP) is 1.94. The summed E-state index contributed by atoms with van der Waals surface area (Å²) < 4.78 is 0. The first-order valence-corrected chi connectivity index (χ1v) is 3.79. The summed E-state index contributed by atoms with van der Waals surface area (Å²) in [6.45, 7) is 5.31. The van der Waals surface area contributed by atoms with Gasteiger partial charge in [-0.25, -0.2) is 9.98 Å². The van der Waals surface area contributed by atoms with Gasteiger partial charge in [0.1, 0.15) is 0 Å². The van der Waals surface area contributed by atoms with Crippen LogP contribution in [-0.4, -0.2) is 17.6 Å². The quantitative estimate of drug-likeness (QED) is 0.405. The second kappa shape index (κ2) is 5.56. The van der Waals surface area contributed by atoms with Crippen LogP contribution in [0.15, 0.2) is 22.8 Å². The van der Waals surface area contributed by atoms with Gasteiger partial charge in [0, 0.05) is 12.4 Å². The van der Waals surface area contributed by atoms with Crippen LogP contribution < -0.4 is 0 Å². The Morgan fingerprint density at radius 1 is 1.67 bits per heavy atom. The lowest BCUT2D eigenvalue weighted by Gasteiger charge is -1.88. The summed E-state index contributed by atoms with van der Waals surface area (Å²) in [7, 11) is 0. The predicted molar refractivity (Wildman–Crippen MR) is 45.3 cm³/mol. The number of rotatable bonds is 1. The minimum absolute atomic E-state index is 0.743. The van der Waals surface area contributed by atoms with Crippen molar-refractivity contribution in [3.8, 4) is 0 Å². The number of aliphatic imine (C=N–C) groups is 2. The zero-order valence-electron chi connectivity index (χ0n) is 5.66. The van der Waals surface area contributed by atoms with E-state index in [0.717, 1.165) is 5.17 Å². The molecule has 0 aromatic carbocycles. The fourth-order valence-corrected chi connectivity index (χ4v) is 0.718. The Morgan fingerprint density at radius 2 is 2.33 bits per heavy atom. The molecular weight excluding hydrogens is 132 g/mol. The molecule has 0 aliphatic carbocycles. The topological polar surface area (TPSA) is 24.7 Å². The number of hydrogen-bond donors (Lipinski definition) is 0. The lowest BCUT2D eigenvalue weighted by Crippen LogP contribution is -1.82. The van der Waals surface area contributed by atoms with Gasteiger partial charge in [-0.15, -0.1) is 0 Å². The zero-order chi connectivity index (χ0) is 7.11. The molecular formula is C6H10N2S. The second-order valence-electron chi connectivity index (χ2n) is 1.19. The van der Waals surface area contributed by atoms with Crippen LogP contribution in [0.1, 0.15) is 6.92 Å². The van der Waals surface area contributed by atoms with Gasteiger partial charge in [-0.05, 0) is 13.2 Å². The van der Waals surface area contributed by atoms with Crippen molar-refractivity contribution in [2.24, 2.45) is 9.98 Å². The van der Waals surface area contributed by atoms with E-state index < -0.39 is 0 Å². The molecule has 2 nitrogen and oxygen atoms in total. The molecule has 0 saturated carbocycles. The molecule has 50 valence electrons. The molecule has 0 heterocycles. The van der Waals surface area contributed by atoms with E-state index in [4.69, 9.17) is 0 Å². The highest BCUT2D eigenvalue weighted by molar-refractivity contribution is 8.13. The molecule has 0 atom stereocenters. The van der Waals surface area contributed by atoms with E-state index in [9.17, 15) is 0 Å². The van der Waals surface area contributed by atoms with Crippen molar-refractivity contribution in [2.45, 2.75) is 6.92 Å². The first kappa shape index (κ1) is 8.43. The Balaban J connectivity index is 3.96. The van der Waals surface area contributed by atoms with Crippen LogP contribution in [-0.2, 0) is 0 Å². The largest absolute Gasteiger partial charge is 0.236 e. The highest BCUT2D eigenvalue weighted by Crippen LogP contribution is 1.98. The van der Waals surface area contributed by atoms with Crippen molar-refractivity contribution in [2.75, 3.05) is 6.26 Å². The number of thioether (sulfide) groups is 1. The van der Waals surface area contributed by atoms with E-state index in [1.54, 1.807) is 6.21 Å². The average molecular weight is 142 g/mol. The summed E-state index contributed by atoms with van der Waals surface area (Å²) in [4.78, 5) is 7.83. The Kier molecular flexibility index (Phi) is 5.21. The van der Waals surface area contributed by atoms with Crippen molar-refractivity contribution < 1.29 is 0 Å². The third kappa shape index (κ3) is 3.97. The molecule has 0 spiro atoms. The van der Waals surface area contributed by atoms with Gasteiger partial charge in [-0.1, -0.05) is 18.3 Å². The maximum absolute atomic E-state index is 3.95. The molecule has 9 heavy (non-hydrogen) atoms. The van der Waals surface area contributed by atoms with Crippen LogP contribution in [0.3, 0.4) is 0 Å². The maximum Gasteiger partial charge on any atom is 0.186 e. The lowest BCUT2D eigenvalue weighted by molar-refractivity contribution is 1.56. The normalized spacial score (nSPS) is 12.4. The zero-order valence-corrected chi connectivity index (χ0v) is 6.48. The number of hydrogen-bond acceptors (Lipinski definition) is 2. The molecule has 0 amide bonds. The van der Waals surface area contributed by atoms with E-state index in [0.29, 0.717) is 0 Å². The summed E-state index contributed by atoms with van der Waals surface area (Å²) in [6.07, 6.45) is 5.12. The van der Waals surface area contributed by atoms with Crippen molar-refractivity contribution >= 4 is 23.1 Å². The Labute approximate surface area is 59.8 Å². The molecule has 0 N–H and O–H groups in total. The monoisotopic (exact) mass is 142 g/mol. The van der Waals surface area contributed by atoms with E-state index in [1.807, 2.05) is 13.2 Å². The highest BCUT2D eigenvalue weighted by Gasteiger charge is 1.85. The van der Waals surface area contributed by atoms with Gasteiger partial charge < -0.3 is 0 Å². The van der Waals surface area contributed by atoms with Crippen molar-refractivity contribution in [3.05, 3.63) is 12.8 Å². The molecule has 0 radical (unpaired) electrons. The summed E-state index contributed by atoms with van der Waals surface area (Å²) >= 11 is 1.50. The highest BCUT2D eigenvalue weighted by atomic mass is 32.2. The molecule has 3 heteroatoms. The molecule has 0 aromatic rings. The molecule has 0 aromatic heterocycles. The van der Waals surface area contributed by atoms with Crippen LogP contribution in [0.2, 0.25) is 0 Å². The molecule has 0 unspecified atom stereocenters. The van der Waals surface area contributed by atoms with E-state index >= 15 is 0 Å². The van der Waals surface area contributed by atoms with Gasteiger partial charge in [0.05, 0.1) is 0 Å². The maximum atomic E-state index is 3.95. The summed E-state index contributed by atoms with van der Waals surface area (Å²) in [5.41, 5.74) is 0. The average Bonchev–Trinajstić information content (AvgIpc) is 1.88.